The summed E-state index contributed by atoms with van der Waals surface area (Å²) in [4.78, 5) is 22.5. The molecule has 0 unspecified atom stereocenters. The van der Waals surface area contributed by atoms with Crippen LogP contribution in [0.4, 0.5) is 5.69 Å². The smallest absolute Gasteiger partial charge is 0.271 e. The summed E-state index contributed by atoms with van der Waals surface area (Å²) in [6, 6.07) is 9.63. The van der Waals surface area contributed by atoms with E-state index in [9.17, 15) is 14.9 Å². The van der Waals surface area contributed by atoms with Gasteiger partial charge in [-0.15, -0.1) is 0 Å². The normalized spacial score (nSPS) is 11.3. The lowest BCUT2D eigenvalue weighted by Crippen LogP contribution is -2.17. The number of carbonyl (C=O) groups excluding carboxylic acids is 1. The zero-order chi connectivity index (χ0) is 21.1. The van der Waals surface area contributed by atoms with E-state index in [0.717, 1.165) is 22.8 Å². The van der Waals surface area contributed by atoms with E-state index >= 15 is 0 Å². The van der Waals surface area contributed by atoms with Crippen molar-refractivity contribution in [1.82, 2.24) is 19.8 Å². The summed E-state index contributed by atoms with van der Waals surface area (Å²) in [7, 11) is 0. The lowest BCUT2D eigenvalue weighted by atomic mass is 10.2. The molecule has 0 spiro atoms. The van der Waals surface area contributed by atoms with Crippen molar-refractivity contribution in [3.05, 3.63) is 75.2 Å². The van der Waals surface area contributed by atoms with Gasteiger partial charge in [-0.25, -0.2) is 10.1 Å². The third-order valence-electron chi connectivity index (χ3n) is 4.53. The highest BCUT2D eigenvalue weighted by Gasteiger charge is 2.15. The van der Waals surface area contributed by atoms with Gasteiger partial charge in [-0.2, -0.15) is 10.2 Å². The molecule has 1 aromatic carbocycles. The van der Waals surface area contributed by atoms with Crippen molar-refractivity contribution in [2.45, 2.75) is 33.7 Å². The molecule has 3 rings (SSSR count). The second-order valence-corrected chi connectivity index (χ2v) is 6.90. The molecule has 0 saturated carbocycles. The molecule has 3 aromatic rings. The van der Waals surface area contributed by atoms with Crippen LogP contribution in [0.3, 0.4) is 0 Å². The number of aromatic nitrogens is 3. The van der Waals surface area contributed by atoms with Crippen LogP contribution in [0.15, 0.2) is 47.7 Å². The molecule has 9 heteroatoms. The van der Waals surface area contributed by atoms with Gasteiger partial charge in [0.05, 0.1) is 17.3 Å². The Labute approximate surface area is 167 Å². The molecule has 0 aliphatic heterocycles. The van der Waals surface area contributed by atoms with E-state index in [1.54, 1.807) is 12.4 Å². The second kappa shape index (κ2) is 8.09. The van der Waals surface area contributed by atoms with Crippen molar-refractivity contribution in [2.24, 2.45) is 5.10 Å². The molecule has 0 fully saturated rings. The minimum atomic E-state index is -0.545. The Hall–Kier alpha value is -3.75. The number of aryl methyl sites for hydroxylation is 1. The maximum Gasteiger partial charge on any atom is 0.271 e. The number of nitro benzene ring substituents is 1. The fourth-order valence-electron chi connectivity index (χ4n) is 3.14. The maximum atomic E-state index is 12.2. The van der Waals surface area contributed by atoms with Crippen LogP contribution in [0.1, 0.15) is 47.2 Å². The molecule has 1 N–H and O–H groups in total. The summed E-state index contributed by atoms with van der Waals surface area (Å²) in [5.41, 5.74) is 5.25. The average molecular weight is 394 g/mol. The first-order chi connectivity index (χ1) is 13.8. The summed E-state index contributed by atoms with van der Waals surface area (Å²) in [5, 5.41) is 19.2. The van der Waals surface area contributed by atoms with E-state index in [1.807, 2.05) is 30.7 Å². The van der Waals surface area contributed by atoms with E-state index < -0.39 is 10.8 Å². The average Bonchev–Trinajstić information content (AvgIpc) is 3.26. The quantitative estimate of drug-likeness (QED) is 0.392. The number of nitrogens with zero attached hydrogens (tertiary/aromatic N) is 5. The van der Waals surface area contributed by atoms with Crippen molar-refractivity contribution in [2.75, 3.05) is 0 Å². The lowest BCUT2D eigenvalue weighted by Gasteiger charge is -2.14. The van der Waals surface area contributed by atoms with E-state index in [0.29, 0.717) is 0 Å². The van der Waals surface area contributed by atoms with Gasteiger partial charge in [-0.3, -0.25) is 14.9 Å². The zero-order valence-corrected chi connectivity index (χ0v) is 16.7. The minimum absolute atomic E-state index is 0.146. The Morgan fingerprint density at radius 2 is 2.03 bits per heavy atom. The van der Waals surface area contributed by atoms with Gasteiger partial charge in [-0.05, 0) is 39.8 Å². The highest BCUT2D eigenvalue weighted by molar-refractivity contribution is 5.95. The Morgan fingerprint density at radius 1 is 1.28 bits per heavy atom. The molecular weight excluding hydrogens is 372 g/mol. The number of benzene rings is 1. The largest absolute Gasteiger partial charge is 0.303 e. The van der Waals surface area contributed by atoms with Crippen LogP contribution in [0.5, 0.6) is 0 Å². The van der Waals surface area contributed by atoms with Crippen LogP contribution in [-0.2, 0) is 0 Å². The van der Waals surface area contributed by atoms with Gasteiger partial charge in [0.1, 0.15) is 5.82 Å². The summed E-state index contributed by atoms with van der Waals surface area (Å²) in [6.07, 6.45) is 3.32. The molecule has 150 valence electrons. The fraction of sp³-hybridized carbons (Fsp3) is 0.250. The number of nitrogens with one attached hydrogen (secondary N) is 1. The zero-order valence-electron chi connectivity index (χ0n) is 16.7. The molecule has 0 aliphatic carbocycles. The third-order valence-corrected chi connectivity index (χ3v) is 4.53. The second-order valence-electron chi connectivity index (χ2n) is 6.90. The highest BCUT2D eigenvalue weighted by Crippen LogP contribution is 2.21. The summed E-state index contributed by atoms with van der Waals surface area (Å²) >= 11 is 0. The molecule has 2 aromatic heterocycles. The summed E-state index contributed by atoms with van der Waals surface area (Å²) in [6.45, 7) is 8.09. The van der Waals surface area contributed by atoms with Crippen molar-refractivity contribution < 1.29 is 9.72 Å². The predicted molar refractivity (Wildman–Crippen MR) is 110 cm³/mol. The van der Waals surface area contributed by atoms with Crippen molar-refractivity contribution >= 4 is 17.8 Å². The molecular formula is C20H22N6O3. The number of nitro groups is 1. The van der Waals surface area contributed by atoms with E-state index in [4.69, 9.17) is 0 Å². The number of amides is 1. The van der Waals surface area contributed by atoms with Gasteiger partial charge in [0.2, 0.25) is 0 Å². The lowest BCUT2D eigenvalue weighted by molar-refractivity contribution is -0.384. The van der Waals surface area contributed by atoms with Crippen molar-refractivity contribution in [3.8, 4) is 5.82 Å². The van der Waals surface area contributed by atoms with Gasteiger partial charge >= 0.3 is 0 Å². The Kier molecular flexibility index (Phi) is 5.58. The van der Waals surface area contributed by atoms with Crippen LogP contribution in [0, 0.1) is 24.0 Å². The van der Waals surface area contributed by atoms with Crippen LogP contribution < -0.4 is 5.43 Å². The SMILES string of the molecule is Cc1cc(/C=N\NC(=O)c2cccc([N+](=O)[O-])c2)c(C)n1-c1ccnn1C(C)C. The van der Waals surface area contributed by atoms with Crippen molar-refractivity contribution in [1.29, 1.82) is 0 Å². The van der Waals surface area contributed by atoms with Gasteiger partial charge in [-0.1, -0.05) is 6.07 Å². The Morgan fingerprint density at radius 3 is 2.72 bits per heavy atom. The van der Waals surface area contributed by atoms with E-state index in [2.05, 4.69) is 34.0 Å². The number of rotatable bonds is 6. The van der Waals surface area contributed by atoms with Gasteiger partial charge < -0.3 is 4.57 Å². The highest BCUT2D eigenvalue weighted by atomic mass is 16.6. The molecule has 1 amide bonds. The summed E-state index contributed by atoms with van der Waals surface area (Å²) in [5.74, 6) is 0.437. The number of carbonyl (C=O) groups is 1. The third kappa shape index (κ3) is 4.08. The van der Waals surface area contributed by atoms with Gasteiger partial charge in [0.25, 0.3) is 11.6 Å². The first-order valence-corrected chi connectivity index (χ1v) is 9.10. The molecule has 0 atom stereocenters. The van der Waals surface area contributed by atoms with E-state index in [-0.39, 0.29) is 17.3 Å². The van der Waals surface area contributed by atoms with Crippen LogP contribution in [0.2, 0.25) is 0 Å². The number of non-ortho nitro benzene ring substituents is 1. The van der Waals surface area contributed by atoms with Crippen LogP contribution >= 0.6 is 0 Å². The van der Waals surface area contributed by atoms with Crippen LogP contribution in [0.25, 0.3) is 5.82 Å². The molecule has 0 radical (unpaired) electrons. The first kappa shape index (κ1) is 20.0. The molecule has 9 nitrogen and oxygen atoms in total. The molecule has 0 bridgehead atoms. The van der Waals surface area contributed by atoms with Gasteiger partial charge in [0, 0.05) is 46.8 Å². The number of hydrazone groups is 1. The molecule has 0 aliphatic rings. The fourth-order valence-corrected chi connectivity index (χ4v) is 3.14. The van der Waals surface area contributed by atoms with Crippen molar-refractivity contribution in [3.63, 3.8) is 0 Å². The Bertz CT molecular complexity index is 1090. The predicted octanol–water partition coefficient (Wildman–Crippen LogP) is 3.54. The minimum Gasteiger partial charge on any atom is -0.303 e. The molecule has 2 heterocycles. The Balaban J connectivity index is 1.80. The van der Waals surface area contributed by atoms with Crippen LogP contribution in [-0.4, -0.2) is 31.4 Å². The topological polar surface area (TPSA) is 107 Å². The summed E-state index contributed by atoms with van der Waals surface area (Å²) < 4.78 is 4.02. The monoisotopic (exact) mass is 394 g/mol. The first-order valence-electron chi connectivity index (χ1n) is 9.10. The standard InChI is InChI=1S/C20H22N6O3/c1-13(2)25-19(8-9-22-25)24-14(3)10-17(15(24)4)12-21-23-20(27)16-6-5-7-18(11-16)26(28)29/h5-13H,1-4H3,(H,23,27)/b21-12-. The van der Waals surface area contributed by atoms with Gasteiger partial charge in [0.15, 0.2) is 0 Å². The number of hydrogen-bond acceptors (Lipinski definition) is 5. The maximum absolute atomic E-state index is 12.2. The molecule has 0 saturated heterocycles. The number of hydrogen-bond donors (Lipinski definition) is 1. The molecule has 29 heavy (non-hydrogen) atoms. The van der Waals surface area contributed by atoms with E-state index in [1.165, 1.54) is 24.3 Å².